The first-order valence-corrected chi connectivity index (χ1v) is 7.57. The molecule has 0 aromatic rings. The van der Waals surface area contributed by atoms with Crippen LogP contribution in [0.2, 0.25) is 0 Å². The summed E-state index contributed by atoms with van der Waals surface area (Å²) >= 11 is 0. The highest BCUT2D eigenvalue weighted by Gasteiger charge is 2.21. The van der Waals surface area contributed by atoms with Crippen LogP contribution >= 0.6 is 0 Å². The topological polar surface area (TPSA) is 44.9 Å². The van der Waals surface area contributed by atoms with Crippen molar-refractivity contribution in [2.75, 3.05) is 39.3 Å². The molecule has 0 saturated carbocycles. The lowest BCUT2D eigenvalue weighted by Gasteiger charge is -2.27. The Hall–Kier alpha value is -0.770. The predicted octanol–water partition coefficient (Wildman–Crippen LogP) is 1.52. The van der Waals surface area contributed by atoms with Gasteiger partial charge in [-0.2, -0.15) is 0 Å². The molecule has 2 N–H and O–H groups in total. The van der Waals surface area contributed by atoms with Crippen LogP contribution in [0.5, 0.6) is 0 Å². The molecule has 4 nitrogen and oxygen atoms in total. The Kier molecular flexibility index (Phi) is 5.29. The van der Waals surface area contributed by atoms with Gasteiger partial charge in [-0.05, 0) is 51.1 Å². The molecule has 1 unspecified atom stereocenters. The lowest BCUT2D eigenvalue weighted by Crippen LogP contribution is -2.41. The molecule has 2 aliphatic heterocycles. The van der Waals surface area contributed by atoms with E-state index in [-0.39, 0.29) is 0 Å². The van der Waals surface area contributed by atoms with E-state index in [2.05, 4.69) is 21.7 Å². The fourth-order valence-corrected chi connectivity index (χ4v) is 3.03. The maximum atomic E-state index is 6.08. The summed E-state index contributed by atoms with van der Waals surface area (Å²) in [4.78, 5) is 9.42. The fourth-order valence-electron chi connectivity index (χ4n) is 3.03. The van der Waals surface area contributed by atoms with Crippen molar-refractivity contribution in [3.05, 3.63) is 0 Å². The summed E-state index contributed by atoms with van der Waals surface area (Å²) in [7, 11) is 0. The molecule has 0 radical (unpaired) electrons. The number of rotatable bonds is 4. The van der Waals surface area contributed by atoms with Crippen molar-refractivity contribution >= 4 is 5.96 Å². The van der Waals surface area contributed by atoms with Gasteiger partial charge in [-0.1, -0.05) is 6.92 Å². The zero-order valence-corrected chi connectivity index (χ0v) is 11.8. The Bertz CT molecular complexity index is 271. The van der Waals surface area contributed by atoms with Crippen LogP contribution in [0.25, 0.3) is 0 Å². The minimum absolute atomic E-state index is 0.722. The van der Waals surface area contributed by atoms with Crippen LogP contribution in [0.4, 0.5) is 0 Å². The Labute approximate surface area is 111 Å². The third-order valence-electron chi connectivity index (χ3n) is 4.10. The van der Waals surface area contributed by atoms with Gasteiger partial charge < -0.3 is 15.5 Å². The molecule has 0 bridgehead atoms. The molecule has 2 fully saturated rings. The predicted molar refractivity (Wildman–Crippen MR) is 76.8 cm³/mol. The van der Waals surface area contributed by atoms with Crippen molar-refractivity contribution < 1.29 is 0 Å². The molecule has 1 atom stereocenters. The molecule has 0 aromatic heterocycles. The number of aliphatic imine (C=N–C) groups is 1. The van der Waals surface area contributed by atoms with Gasteiger partial charge in [0.1, 0.15) is 0 Å². The zero-order valence-electron chi connectivity index (χ0n) is 11.8. The number of hydrogen-bond donors (Lipinski definition) is 1. The average Bonchev–Trinajstić information content (AvgIpc) is 2.85. The van der Waals surface area contributed by atoms with Gasteiger partial charge >= 0.3 is 0 Å². The number of nitrogens with two attached hydrogens (primary N) is 1. The largest absolute Gasteiger partial charge is 0.370 e. The summed E-state index contributed by atoms with van der Waals surface area (Å²) in [5.74, 6) is 1.50. The third kappa shape index (κ3) is 3.87. The lowest BCUT2D eigenvalue weighted by atomic mass is 10.1. The van der Waals surface area contributed by atoms with Crippen LogP contribution in [0, 0.1) is 5.92 Å². The molecular weight excluding hydrogens is 224 g/mol. The van der Waals surface area contributed by atoms with E-state index in [0.29, 0.717) is 0 Å². The Balaban J connectivity index is 1.73. The van der Waals surface area contributed by atoms with Crippen LogP contribution < -0.4 is 5.73 Å². The molecule has 0 aromatic carbocycles. The van der Waals surface area contributed by atoms with E-state index in [0.717, 1.165) is 31.5 Å². The highest BCUT2D eigenvalue weighted by molar-refractivity contribution is 5.78. The number of guanidine groups is 1. The van der Waals surface area contributed by atoms with Crippen molar-refractivity contribution in [3.63, 3.8) is 0 Å². The fraction of sp³-hybridized carbons (Fsp3) is 0.929. The van der Waals surface area contributed by atoms with Gasteiger partial charge in [0.15, 0.2) is 5.96 Å². The van der Waals surface area contributed by atoms with Crippen molar-refractivity contribution in [3.8, 4) is 0 Å². The minimum Gasteiger partial charge on any atom is -0.370 e. The number of nitrogens with zero attached hydrogens (tertiary/aromatic N) is 3. The maximum Gasteiger partial charge on any atom is 0.191 e. The summed E-state index contributed by atoms with van der Waals surface area (Å²) < 4.78 is 0. The lowest BCUT2D eigenvalue weighted by molar-refractivity contribution is 0.324. The Morgan fingerprint density at radius 2 is 2.00 bits per heavy atom. The molecule has 0 aliphatic carbocycles. The highest BCUT2D eigenvalue weighted by atomic mass is 15.3. The van der Waals surface area contributed by atoms with Crippen molar-refractivity contribution in [2.45, 2.75) is 39.0 Å². The molecule has 2 rings (SSSR count). The monoisotopic (exact) mass is 252 g/mol. The standard InChI is InChI=1S/C14H28N4/c1-2-7-17-10-6-13(12-17)11-16-14(15)18-8-4-3-5-9-18/h13H,2-12H2,1H3,(H2,15,16). The first kappa shape index (κ1) is 13.7. The number of likely N-dealkylation sites (tertiary alicyclic amines) is 2. The van der Waals surface area contributed by atoms with Gasteiger partial charge in [-0.3, -0.25) is 4.99 Å². The van der Waals surface area contributed by atoms with Crippen LogP contribution in [-0.4, -0.2) is 55.0 Å². The quantitative estimate of drug-likeness (QED) is 0.609. The third-order valence-corrected chi connectivity index (χ3v) is 4.10. The normalized spacial score (nSPS) is 26.8. The van der Waals surface area contributed by atoms with Crippen molar-refractivity contribution in [2.24, 2.45) is 16.6 Å². The number of piperidine rings is 1. The van der Waals surface area contributed by atoms with E-state index < -0.39 is 0 Å². The van der Waals surface area contributed by atoms with Crippen LogP contribution in [0.15, 0.2) is 4.99 Å². The van der Waals surface area contributed by atoms with E-state index >= 15 is 0 Å². The summed E-state index contributed by atoms with van der Waals surface area (Å²) in [6, 6.07) is 0. The van der Waals surface area contributed by atoms with Crippen LogP contribution in [0.3, 0.4) is 0 Å². The van der Waals surface area contributed by atoms with Gasteiger partial charge in [-0.25, -0.2) is 0 Å². The smallest absolute Gasteiger partial charge is 0.191 e. The molecular formula is C14H28N4. The minimum atomic E-state index is 0.722. The molecule has 18 heavy (non-hydrogen) atoms. The highest BCUT2D eigenvalue weighted by Crippen LogP contribution is 2.16. The van der Waals surface area contributed by atoms with Crippen LogP contribution in [-0.2, 0) is 0 Å². The first-order valence-electron chi connectivity index (χ1n) is 7.57. The maximum absolute atomic E-state index is 6.08. The van der Waals surface area contributed by atoms with Gasteiger partial charge in [0.05, 0.1) is 0 Å². The van der Waals surface area contributed by atoms with Gasteiger partial charge in [0.25, 0.3) is 0 Å². The Morgan fingerprint density at radius 3 is 2.72 bits per heavy atom. The average molecular weight is 252 g/mol. The van der Waals surface area contributed by atoms with Crippen molar-refractivity contribution in [1.29, 1.82) is 0 Å². The first-order chi connectivity index (χ1) is 8.79. The van der Waals surface area contributed by atoms with Crippen LogP contribution in [0.1, 0.15) is 39.0 Å². The van der Waals surface area contributed by atoms with Gasteiger partial charge in [0.2, 0.25) is 0 Å². The summed E-state index contributed by atoms with van der Waals surface area (Å²) in [6.45, 7) is 9.07. The zero-order chi connectivity index (χ0) is 12.8. The van der Waals surface area contributed by atoms with Gasteiger partial charge in [0, 0.05) is 26.2 Å². The molecule has 2 aliphatic rings. The molecule has 2 saturated heterocycles. The Morgan fingerprint density at radius 1 is 1.22 bits per heavy atom. The molecule has 0 amide bonds. The van der Waals surface area contributed by atoms with E-state index in [9.17, 15) is 0 Å². The van der Waals surface area contributed by atoms with E-state index in [1.54, 1.807) is 0 Å². The SMILES string of the molecule is CCCN1CCC(CN=C(N)N2CCCCC2)C1. The second kappa shape index (κ2) is 6.98. The van der Waals surface area contributed by atoms with Gasteiger partial charge in [-0.15, -0.1) is 0 Å². The number of hydrogen-bond acceptors (Lipinski definition) is 2. The van der Waals surface area contributed by atoms with Crippen molar-refractivity contribution in [1.82, 2.24) is 9.80 Å². The molecule has 2 heterocycles. The second-order valence-electron chi connectivity index (χ2n) is 5.70. The molecule has 104 valence electrons. The van der Waals surface area contributed by atoms with E-state index in [1.165, 1.54) is 51.7 Å². The summed E-state index contributed by atoms with van der Waals surface area (Å²) in [5, 5.41) is 0. The van der Waals surface area contributed by atoms with E-state index in [4.69, 9.17) is 5.73 Å². The van der Waals surface area contributed by atoms with E-state index in [1.807, 2.05) is 0 Å². The summed E-state index contributed by atoms with van der Waals surface area (Å²) in [6.07, 6.45) is 6.43. The molecule has 0 spiro atoms. The second-order valence-corrected chi connectivity index (χ2v) is 5.70. The summed E-state index contributed by atoms with van der Waals surface area (Å²) in [5.41, 5.74) is 6.08. The molecule has 4 heteroatoms.